The summed E-state index contributed by atoms with van der Waals surface area (Å²) in [5, 5.41) is 8.62. The third kappa shape index (κ3) is 4.03. The Morgan fingerprint density at radius 3 is 2.88 bits per heavy atom. The molecule has 130 valence electrons. The standard InChI is InChI=1S/C17H17N3O4S/c1-22-12-5-6-14(16(8-12)23-2)15(21)10-25-17-19-18-11-20(17)9-13-4-3-7-24-13/h3-8,11H,9-10H2,1-2H3. The number of aromatic nitrogens is 3. The van der Waals surface area contributed by atoms with Gasteiger partial charge in [-0.25, -0.2) is 0 Å². The SMILES string of the molecule is COc1ccc(C(=O)CSc2nncn2Cc2ccco2)c(OC)c1. The van der Waals surface area contributed by atoms with Crippen LogP contribution in [0.15, 0.2) is 52.5 Å². The molecule has 0 saturated heterocycles. The average molecular weight is 359 g/mol. The number of hydrogen-bond donors (Lipinski definition) is 0. The number of carbonyl (C=O) groups excluding carboxylic acids is 1. The van der Waals surface area contributed by atoms with Crippen molar-refractivity contribution in [3.8, 4) is 11.5 Å². The predicted molar refractivity (Wildman–Crippen MR) is 92.4 cm³/mol. The molecule has 0 spiro atoms. The van der Waals surface area contributed by atoms with Crippen molar-refractivity contribution in [2.45, 2.75) is 11.7 Å². The van der Waals surface area contributed by atoms with E-state index >= 15 is 0 Å². The molecular weight excluding hydrogens is 342 g/mol. The molecule has 1 aromatic carbocycles. The summed E-state index contributed by atoms with van der Waals surface area (Å²) in [6.07, 6.45) is 3.23. The zero-order valence-electron chi connectivity index (χ0n) is 13.8. The summed E-state index contributed by atoms with van der Waals surface area (Å²) in [4.78, 5) is 12.5. The van der Waals surface area contributed by atoms with Crippen molar-refractivity contribution in [2.24, 2.45) is 0 Å². The van der Waals surface area contributed by atoms with Gasteiger partial charge in [-0.3, -0.25) is 4.79 Å². The molecule has 3 aromatic rings. The lowest BCUT2D eigenvalue weighted by atomic mass is 10.1. The molecule has 0 N–H and O–H groups in total. The van der Waals surface area contributed by atoms with Gasteiger partial charge in [0.2, 0.25) is 0 Å². The number of benzene rings is 1. The van der Waals surface area contributed by atoms with Gasteiger partial charge < -0.3 is 18.5 Å². The van der Waals surface area contributed by atoms with Crippen molar-refractivity contribution in [1.82, 2.24) is 14.8 Å². The van der Waals surface area contributed by atoms with Gasteiger partial charge in [0, 0.05) is 6.07 Å². The highest BCUT2D eigenvalue weighted by Crippen LogP contribution is 2.27. The van der Waals surface area contributed by atoms with Gasteiger partial charge in [0.15, 0.2) is 10.9 Å². The van der Waals surface area contributed by atoms with Crippen molar-refractivity contribution in [1.29, 1.82) is 0 Å². The zero-order valence-corrected chi connectivity index (χ0v) is 14.7. The number of methoxy groups -OCH3 is 2. The van der Waals surface area contributed by atoms with Crippen LogP contribution in [0.3, 0.4) is 0 Å². The molecular formula is C17H17N3O4S. The second-order valence-corrected chi connectivity index (χ2v) is 6.04. The Balaban J connectivity index is 1.68. The van der Waals surface area contributed by atoms with E-state index in [0.29, 0.717) is 28.8 Å². The van der Waals surface area contributed by atoms with E-state index in [0.717, 1.165) is 5.76 Å². The van der Waals surface area contributed by atoms with E-state index in [1.807, 2.05) is 16.7 Å². The first-order chi connectivity index (χ1) is 12.2. The molecule has 0 fully saturated rings. The van der Waals surface area contributed by atoms with Crippen LogP contribution in [0.25, 0.3) is 0 Å². The van der Waals surface area contributed by atoms with E-state index in [9.17, 15) is 4.79 Å². The third-order valence-corrected chi connectivity index (χ3v) is 4.51. The highest BCUT2D eigenvalue weighted by atomic mass is 32.2. The lowest BCUT2D eigenvalue weighted by Crippen LogP contribution is -2.07. The number of ketones is 1. The summed E-state index contributed by atoms with van der Waals surface area (Å²) in [6.45, 7) is 0.516. The van der Waals surface area contributed by atoms with Gasteiger partial charge in [-0.1, -0.05) is 11.8 Å². The van der Waals surface area contributed by atoms with E-state index in [4.69, 9.17) is 13.9 Å². The molecule has 2 aromatic heterocycles. The van der Waals surface area contributed by atoms with Gasteiger partial charge in [-0.2, -0.15) is 0 Å². The Morgan fingerprint density at radius 1 is 1.28 bits per heavy atom. The summed E-state index contributed by atoms with van der Waals surface area (Å²) in [7, 11) is 3.09. The maximum atomic E-state index is 12.5. The quantitative estimate of drug-likeness (QED) is 0.452. The van der Waals surface area contributed by atoms with Gasteiger partial charge in [0.1, 0.15) is 23.6 Å². The van der Waals surface area contributed by atoms with Crippen molar-refractivity contribution >= 4 is 17.5 Å². The fourth-order valence-electron chi connectivity index (χ4n) is 2.27. The first-order valence-electron chi connectivity index (χ1n) is 7.49. The highest BCUT2D eigenvalue weighted by Gasteiger charge is 2.16. The minimum atomic E-state index is -0.0583. The first-order valence-corrected chi connectivity index (χ1v) is 8.48. The number of rotatable bonds is 8. The molecule has 0 unspecified atom stereocenters. The number of Topliss-reactive ketones (excluding diaryl/α,β-unsaturated/α-hetero) is 1. The van der Waals surface area contributed by atoms with E-state index in [1.54, 1.807) is 37.9 Å². The monoisotopic (exact) mass is 359 g/mol. The molecule has 0 atom stereocenters. The van der Waals surface area contributed by atoms with Gasteiger partial charge in [0.25, 0.3) is 0 Å². The first kappa shape index (κ1) is 17.1. The third-order valence-electron chi connectivity index (χ3n) is 3.53. The second kappa shape index (κ2) is 7.89. The predicted octanol–water partition coefficient (Wildman–Crippen LogP) is 2.91. The summed E-state index contributed by atoms with van der Waals surface area (Å²) >= 11 is 1.32. The van der Waals surface area contributed by atoms with E-state index < -0.39 is 0 Å². The Labute approximate surface area is 149 Å². The van der Waals surface area contributed by atoms with Gasteiger partial charge >= 0.3 is 0 Å². The zero-order chi connectivity index (χ0) is 17.6. The van der Waals surface area contributed by atoms with Crippen LogP contribution in [-0.4, -0.2) is 40.5 Å². The van der Waals surface area contributed by atoms with Crippen LogP contribution in [0, 0.1) is 0 Å². The lowest BCUT2D eigenvalue weighted by Gasteiger charge is -2.09. The summed E-state index contributed by atoms with van der Waals surface area (Å²) in [5.74, 6) is 2.09. The topological polar surface area (TPSA) is 79.4 Å². The maximum absolute atomic E-state index is 12.5. The molecule has 2 heterocycles. The fourth-order valence-corrected chi connectivity index (χ4v) is 3.07. The average Bonchev–Trinajstić information content (AvgIpc) is 3.31. The van der Waals surface area contributed by atoms with E-state index in [1.165, 1.54) is 18.9 Å². The minimum Gasteiger partial charge on any atom is -0.497 e. The number of ether oxygens (including phenoxy) is 2. The molecule has 8 heteroatoms. The van der Waals surface area contributed by atoms with E-state index in [-0.39, 0.29) is 11.5 Å². The van der Waals surface area contributed by atoms with Gasteiger partial charge in [0.05, 0.1) is 38.3 Å². The normalized spacial score (nSPS) is 10.6. The van der Waals surface area contributed by atoms with Gasteiger partial charge in [-0.05, 0) is 24.3 Å². The van der Waals surface area contributed by atoms with Crippen molar-refractivity contribution < 1.29 is 18.7 Å². The Hall–Kier alpha value is -2.74. The maximum Gasteiger partial charge on any atom is 0.191 e. The number of carbonyl (C=O) groups is 1. The van der Waals surface area contributed by atoms with Crippen molar-refractivity contribution in [3.05, 3.63) is 54.2 Å². The van der Waals surface area contributed by atoms with Crippen molar-refractivity contribution in [2.75, 3.05) is 20.0 Å². The number of hydrogen-bond acceptors (Lipinski definition) is 7. The Bertz CT molecular complexity index is 845. The molecule has 0 saturated carbocycles. The number of thioether (sulfide) groups is 1. The molecule has 25 heavy (non-hydrogen) atoms. The molecule has 0 aliphatic heterocycles. The fraction of sp³-hybridized carbons (Fsp3) is 0.235. The number of nitrogens with zero attached hydrogens (tertiary/aromatic N) is 3. The van der Waals surface area contributed by atoms with Crippen LogP contribution in [0.5, 0.6) is 11.5 Å². The Morgan fingerprint density at radius 2 is 2.16 bits per heavy atom. The summed E-state index contributed by atoms with van der Waals surface area (Å²) < 4.78 is 17.6. The van der Waals surface area contributed by atoms with E-state index in [2.05, 4.69) is 10.2 Å². The van der Waals surface area contributed by atoms with Crippen LogP contribution in [0.2, 0.25) is 0 Å². The molecule has 3 rings (SSSR count). The molecule has 0 aliphatic rings. The molecule has 7 nitrogen and oxygen atoms in total. The number of furan rings is 1. The second-order valence-electron chi connectivity index (χ2n) is 5.10. The van der Waals surface area contributed by atoms with Crippen LogP contribution in [0.4, 0.5) is 0 Å². The lowest BCUT2D eigenvalue weighted by molar-refractivity contribution is 0.101. The van der Waals surface area contributed by atoms with Crippen LogP contribution in [0.1, 0.15) is 16.1 Å². The van der Waals surface area contributed by atoms with Gasteiger partial charge in [-0.15, -0.1) is 10.2 Å². The van der Waals surface area contributed by atoms with Crippen LogP contribution >= 0.6 is 11.8 Å². The largest absolute Gasteiger partial charge is 0.497 e. The smallest absolute Gasteiger partial charge is 0.191 e. The van der Waals surface area contributed by atoms with Crippen LogP contribution < -0.4 is 9.47 Å². The Kier molecular flexibility index (Phi) is 5.39. The molecule has 0 amide bonds. The minimum absolute atomic E-state index is 0.0583. The molecule has 0 aliphatic carbocycles. The molecule has 0 radical (unpaired) electrons. The molecule has 0 bridgehead atoms. The van der Waals surface area contributed by atoms with Crippen molar-refractivity contribution in [3.63, 3.8) is 0 Å². The van der Waals surface area contributed by atoms with Crippen LogP contribution in [-0.2, 0) is 6.54 Å². The summed E-state index contributed by atoms with van der Waals surface area (Å²) in [6, 6.07) is 8.83. The summed E-state index contributed by atoms with van der Waals surface area (Å²) in [5.41, 5.74) is 0.507. The highest BCUT2D eigenvalue weighted by molar-refractivity contribution is 7.99.